The highest BCUT2D eigenvalue weighted by atomic mass is 35.5. The summed E-state index contributed by atoms with van der Waals surface area (Å²) in [6.45, 7) is 0. The van der Waals surface area contributed by atoms with Crippen LogP contribution in [0.1, 0.15) is 5.56 Å². The van der Waals surface area contributed by atoms with Crippen molar-refractivity contribution < 1.29 is 5.11 Å². The molecular formula is C8H13Cl2N5O. The lowest BCUT2D eigenvalue weighted by Gasteiger charge is -1.98. The second-order valence-electron chi connectivity index (χ2n) is 2.58. The van der Waals surface area contributed by atoms with E-state index < -0.39 is 0 Å². The molecule has 0 aliphatic rings. The maximum absolute atomic E-state index is 9.14. The summed E-state index contributed by atoms with van der Waals surface area (Å²) in [5.74, 6) is -0.0367. The van der Waals surface area contributed by atoms with Gasteiger partial charge >= 0.3 is 0 Å². The van der Waals surface area contributed by atoms with Crippen LogP contribution in [0.5, 0.6) is 5.75 Å². The fourth-order valence-corrected chi connectivity index (χ4v) is 0.832. The first-order valence-electron chi connectivity index (χ1n) is 3.80. The van der Waals surface area contributed by atoms with E-state index >= 15 is 0 Å². The Morgan fingerprint density at radius 2 is 1.88 bits per heavy atom. The first-order valence-corrected chi connectivity index (χ1v) is 3.80. The van der Waals surface area contributed by atoms with Crippen molar-refractivity contribution >= 4 is 42.7 Å². The standard InChI is InChI=1S/C8H11N5O.2ClH/c9-7-2-1-6(14)3-5(7)4-12-13-8(10)11;;/h1-4,14H,9H2,(H4,10,11,13);2*1H. The molecule has 0 amide bonds. The quantitative estimate of drug-likeness (QED) is 0.204. The summed E-state index contributed by atoms with van der Waals surface area (Å²) < 4.78 is 0. The SMILES string of the molecule is Cl.Cl.NC(N)=NN=Cc1cc(O)ccc1N. The summed E-state index contributed by atoms with van der Waals surface area (Å²) in [6, 6.07) is 4.50. The van der Waals surface area contributed by atoms with Gasteiger partial charge in [-0.2, -0.15) is 5.10 Å². The molecule has 0 atom stereocenters. The van der Waals surface area contributed by atoms with Gasteiger partial charge in [0.05, 0.1) is 6.21 Å². The summed E-state index contributed by atoms with van der Waals surface area (Å²) in [4.78, 5) is 0. The van der Waals surface area contributed by atoms with E-state index in [-0.39, 0.29) is 36.5 Å². The number of nitrogen functional groups attached to an aromatic ring is 1. The molecule has 16 heavy (non-hydrogen) atoms. The van der Waals surface area contributed by atoms with Crippen molar-refractivity contribution in [3.05, 3.63) is 23.8 Å². The number of hydrogen-bond donors (Lipinski definition) is 4. The number of nitrogens with zero attached hydrogens (tertiary/aromatic N) is 2. The van der Waals surface area contributed by atoms with Gasteiger partial charge in [-0.25, -0.2) is 0 Å². The maximum atomic E-state index is 9.14. The van der Waals surface area contributed by atoms with Crippen molar-refractivity contribution in [2.45, 2.75) is 0 Å². The van der Waals surface area contributed by atoms with E-state index in [1.54, 1.807) is 6.07 Å². The van der Waals surface area contributed by atoms with E-state index in [4.69, 9.17) is 22.3 Å². The summed E-state index contributed by atoms with van der Waals surface area (Å²) >= 11 is 0. The number of hydrogen-bond acceptors (Lipinski definition) is 4. The van der Waals surface area contributed by atoms with Crippen molar-refractivity contribution in [1.82, 2.24) is 0 Å². The van der Waals surface area contributed by atoms with E-state index in [0.717, 1.165) is 0 Å². The average Bonchev–Trinajstić information content (AvgIpc) is 2.10. The minimum absolute atomic E-state index is 0. The van der Waals surface area contributed by atoms with Crippen molar-refractivity contribution in [2.75, 3.05) is 5.73 Å². The summed E-state index contributed by atoms with van der Waals surface area (Å²) in [7, 11) is 0. The highest BCUT2D eigenvalue weighted by Crippen LogP contribution is 2.16. The Morgan fingerprint density at radius 3 is 2.44 bits per heavy atom. The molecule has 1 aromatic rings. The number of phenols is 1. The summed E-state index contributed by atoms with van der Waals surface area (Å²) in [5.41, 5.74) is 16.7. The Labute approximate surface area is 105 Å². The Kier molecular flexibility index (Phi) is 7.97. The predicted octanol–water partition coefficient (Wildman–Crippen LogP) is 0.425. The van der Waals surface area contributed by atoms with Gasteiger partial charge in [-0.05, 0) is 18.2 Å². The van der Waals surface area contributed by atoms with Crippen LogP contribution < -0.4 is 17.2 Å². The molecule has 90 valence electrons. The Balaban J connectivity index is 0. The van der Waals surface area contributed by atoms with Crippen LogP contribution in [0.2, 0.25) is 0 Å². The molecule has 1 aromatic carbocycles. The maximum Gasteiger partial charge on any atom is 0.211 e. The van der Waals surface area contributed by atoms with Gasteiger partial charge in [0, 0.05) is 11.3 Å². The molecular weight excluding hydrogens is 253 g/mol. The van der Waals surface area contributed by atoms with Crippen LogP contribution in [0.4, 0.5) is 5.69 Å². The predicted molar refractivity (Wildman–Crippen MR) is 70.4 cm³/mol. The fraction of sp³-hybridized carbons (Fsp3) is 0. The Bertz CT molecular complexity index is 390. The van der Waals surface area contributed by atoms with Gasteiger partial charge in [-0.15, -0.1) is 29.9 Å². The van der Waals surface area contributed by atoms with Gasteiger partial charge < -0.3 is 22.3 Å². The first kappa shape index (κ1) is 16.8. The molecule has 0 bridgehead atoms. The second-order valence-corrected chi connectivity index (χ2v) is 2.58. The van der Waals surface area contributed by atoms with Gasteiger partial charge in [-0.3, -0.25) is 0 Å². The fourth-order valence-electron chi connectivity index (χ4n) is 0.832. The third-order valence-corrected chi connectivity index (χ3v) is 1.44. The lowest BCUT2D eigenvalue weighted by Crippen LogP contribution is -2.21. The number of halogens is 2. The Hall–Kier alpha value is -1.66. The normalized spacial score (nSPS) is 9.00. The van der Waals surface area contributed by atoms with Gasteiger partial charge in [0.1, 0.15) is 5.75 Å². The third kappa shape index (κ3) is 5.28. The molecule has 0 aromatic heterocycles. The molecule has 0 saturated carbocycles. The van der Waals surface area contributed by atoms with Crippen LogP contribution in [0.3, 0.4) is 0 Å². The number of phenolic OH excluding ortho intramolecular Hbond substituents is 1. The van der Waals surface area contributed by atoms with E-state index in [2.05, 4.69) is 10.2 Å². The third-order valence-electron chi connectivity index (χ3n) is 1.44. The Morgan fingerprint density at radius 1 is 1.25 bits per heavy atom. The van der Waals surface area contributed by atoms with Gasteiger partial charge in [0.2, 0.25) is 5.96 Å². The van der Waals surface area contributed by atoms with Gasteiger partial charge in [0.15, 0.2) is 0 Å². The minimum atomic E-state index is -0.139. The zero-order chi connectivity index (χ0) is 10.6. The lowest BCUT2D eigenvalue weighted by atomic mass is 10.2. The number of nitrogens with two attached hydrogens (primary N) is 3. The molecule has 0 unspecified atom stereocenters. The zero-order valence-corrected chi connectivity index (χ0v) is 9.83. The minimum Gasteiger partial charge on any atom is -0.508 e. The molecule has 0 heterocycles. The van der Waals surface area contributed by atoms with Crippen molar-refractivity contribution in [2.24, 2.45) is 21.7 Å². The van der Waals surface area contributed by atoms with Gasteiger partial charge in [0.25, 0.3) is 0 Å². The van der Waals surface area contributed by atoms with E-state index in [1.165, 1.54) is 18.3 Å². The molecule has 0 aliphatic carbocycles. The van der Waals surface area contributed by atoms with Crippen LogP contribution in [0.25, 0.3) is 0 Å². The molecule has 0 aliphatic heterocycles. The van der Waals surface area contributed by atoms with Crippen LogP contribution in [0, 0.1) is 0 Å². The molecule has 6 nitrogen and oxygen atoms in total. The summed E-state index contributed by atoms with van der Waals surface area (Å²) in [5, 5.41) is 16.1. The van der Waals surface area contributed by atoms with Crippen LogP contribution in [-0.2, 0) is 0 Å². The smallest absolute Gasteiger partial charge is 0.211 e. The number of benzene rings is 1. The molecule has 1 rings (SSSR count). The van der Waals surface area contributed by atoms with Crippen LogP contribution >= 0.6 is 24.8 Å². The average molecular weight is 266 g/mol. The largest absolute Gasteiger partial charge is 0.508 e. The van der Waals surface area contributed by atoms with E-state index in [0.29, 0.717) is 11.3 Å². The molecule has 0 radical (unpaired) electrons. The molecule has 7 N–H and O–H groups in total. The van der Waals surface area contributed by atoms with E-state index in [9.17, 15) is 0 Å². The lowest BCUT2D eigenvalue weighted by molar-refractivity contribution is 0.475. The highest BCUT2D eigenvalue weighted by molar-refractivity contribution is 5.88. The van der Waals surface area contributed by atoms with E-state index in [1.807, 2.05) is 0 Å². The number of aromatic hydroxyl groups is 1. The number of guanidine groups is 1. The monoisotopic (exact) mass is 265 g/mol. The molecule has 0 fully saturated rings. The number of rotatable bonds is 2. The molecule has 0 saturated heterocycles. The van der Waals surface area contributed by atoms with Crippen molar-refractivity contribution in [1.29, 1.82) is 0 Å². The topological polar surface area (TPSA) is 123 Å². The first-order chi connectivity index (χ1) is 6.59. The van der Waals surface area contributed by atoms with Crippen LogP contribution in [0.15, 0.2) is 28.4 Å². The summed E-state index contributed by atoms with van der Waals surface area (Å²) in [6.07, 6.45) is 1.36. The molecule has 0 spiro atoms. The molecule has 8 heteroatoms. The number of anilines is 1. The van der Waals surface area contributed by atoms with Crippen molar-refractivity contribution in [3.63, 3.8) is 0 Å². The van der Waals surface area contributed by atoms with Crippen molar-refractivity contribution in [3.8, 4) is 5.75 Å². The van der Waals surface area contributed by atoms with Gasteiger partial charge in [-0.1, -0.05) is 0 Å². The highest BCUT2D eigenvalue weighted by Gasteiger charge is 1.96. The zero-order valence-electron chi connectivity index (χ0n) is 8.20. The van der Waals surface area contributed by atoms with Crippen LogP contribution in [-0.4, -0.2) is 17.3 Å². The second kappa shape index (κ2) is 7.61.